The van der Waals surface area contributed by atoms with Crippen LogP contribution in [-0.2, 0) is 11.4 Å². The van der Waals surface area contributed by atoms with E-state index in [1.165, 1.54) is 10.8 Å². The molecule has 0 unspecified atom stereocenters. The number of nitrogens with zero attached hydrogens (tertiary/aromatic N) is 1. The molecular weight excluding hydrogens is 396 g/mol. The van der Waals surface area contributed by atoms with E-state index < -0.39 is 5.91 Å². The fraction of sp³-hybridized carbons (Fsp3) is 0.0714. The van der Waals surface area contributed by atoms with Gasteiger partial charge in [-0.3, -0.25) is 4.79 Å². The van der Waals surface area contributed by atoms with Gasteiger partial charge in [-0.15, -0.1) is 0 Å². The fourth-order valence-corrected chi connectivity index (χ4v) is 3.39. The Labute approximate surface area is 187 Å². The van der Waals surface area contributed by atoms with Crippen molar-refractivity contribution >= 4 is 28.4 Å². The van der Waals surface area contributed by atoms with Crippen LogP contribution in [0.4, 0.5) is 5.69 Å². The first-order valence-corrected chi connectivity index (χ1v) is 10.3. The predicted octanol–water partition coefficient (Wildman–Crippen LogP) is 6.27. The molecule has 4 heteroatoms. The minimum atomic E-state index is -0.435. The molecule has 4 aromatic carbocycles. The largest absolute Gasteiger partial charge is 0.489 e. The summed E-state index contributed by atoms with van der Waals surface area (Å²) in [5, 5.41) is 14.6. The Morgan fingerprint density at radius 3 is 2.47 bits per heavy atom. The van der Waals surface area contributed by atoms with Gasteiger partial charge in [0.05, 0.1) is 0 Å². The van der Waals surface area contributed by atoms with E-state index in [2.05, 4.69) is 35.6 Å². The van der Waals surface area contributed by atoms with Crippen molar-refractivity contribution in [3.8, 4) is 11.8 Å². The van der Waals surface area contributed by atoms with Crippen LogP contribution in [0, 0.1) is 18.3 Å². The molecule has 4 aromatic rings. The van der Waals surface area contributed by atoms with Crippen molar-refractivity contribution in [3.63, 3.8) is 0 Å². The second-order valence-corrected chi connectivity index (χ2v) is 7.53. The maximum atomic E-state index is 12.5. The molecule has 4 rings (SSSR count). The Kier molecular flexibility index (Phi) is 6.29. The van der Waals surface area contributed by atoms with Gasteiger partial charge >= 0.3 is 0 Å². The highest BCUT2D eigenvalue weighted by Gasteiger charge is 2.10. The van der Waals surface area contributed by atoms with Crippen LogP contribution in [0.5, 0.6) is 5.75 Å². The molecular formula is C28H22N2O2. The van der Waals surface area contributed by atoms with Crippen LogP contribution in [0.15, 0.2) is 96.6 Å². The number of hydrogen-bond acceptors (Lipinski definition) is 3. The van der Waals surface area contributed by atoms with Gasteiger partial charge in [-0.1, -0.05) is 60.7 Å². The van der Waals surface area contributed by atoms with E-state index in [0.29, 0.717) is 12.3 Å². The molecule has 156 valence electrons. The zero-order chi connectivity index (χ0) is 22.3. The van der Waals surface area contributed by atoms with Crippen molar-refractivity contribution in [2.24, 2.45) is 0 Å². The first-order valence-electron chi connectivity index (χ1n) is 10.3. The van der Waals surface area contributed by atoms with Gasteiger partial charge in [0.15, 0.2) is 0 Å². The number of aryl methyl sites for hydroxylation is 1. The topological polar surface area (TPSA) is 62.1 Å². The van der Waals surface area contributed by atoms with Crippen molar-refractivity contribution in [3.05, 3.63) is 113 Å². The molecule has 0 aliphatic heterocycles. The van der Waals surface area contributed by atoms with E-state index in [1.807, 2.05) is 67.6 Å². The van der Waals surface area contributed by atoms with Crippen molar-refractivity contribution in [1.29, 1.82) is 5.26 Å². The summed E-state index contributed by atoms with van der Waals surface area (Å²) in [7, 11) is 0. The lowest BCUT2D eigenvalue weighted by Crippen LogP contribution is -2.13. The number of nitriles is 1. The van der Waals surface area contributed by atoms with Crippen molar-refractivity contribution < 1.29 is 9.53 Å². The summed E-state index contributed by atoms with van der Waals surface area (Å²) in [6, 6.07) is 31.2. The first kappa shape index (κ1) is 20.9. The molecule has 0 saturated carbocycles. The molecule has 1 N–H and O–H groups in total. The van der Waals surface area contributed by atoms with Crippen molar-refractivity contribution in [1.82, 2.24) is 0 Å². The summed E-state index contributed by atoms with van der Waals surface area (Å²) in [5.74, 6) is 0.285. The van der Waals surface area contributed by atoms with Gasteiger partial charge in [0, 0.05) is 5.69 Å². The third-order valence-corrected chi connectivity index (χ3v) is 5.05. The Balaban J connectivity index is 1.40. The van der Waals surface area contributed by atoms with Crippen molar-refractivity contribution in [2.75, 3.05) is 5.32 Å². The number of carbonyl (C=O) groups excluding carboxylic acids is 1. The normalized spacial score (nSPS) is 11.1. The average molecular weight is 418 g/mol. The summed E-state index contributed by atoms with van der Waals surface area (Å²) >= 11 is 0. The van der Waals surface area contributed by atoms with Crippen LogP contribution in [0.25, 0.3) is 16.8 Å². The van der Waals surface area contributed by atoms with E-state index >= 15 is 0 Å². The summed E-state index contributed by atoms with van der Waals surface area (Å²) in [4.78, 5) is 12.5. The highest BCUT2D eigenvalue weighted by atomic mass is 16.5. The molecule has 0 bridgehead atoms. The molecule has 1 amide bonds. The first-order chi connectivity index (χ1) is 15.6. The minimum Gasteiger partial charge on any atom is -0.489 e. The number of benzene rings is 4. The Bertz CT molecular complexity index is 1330. The molecule has 32 heavy (non-hydrogen) atoms. The third-order valence-electron chi connectivity index (χ3n) is 5.05. The molecule has 0 saturated heterocycles. The number of nitrogens with one attached hydrogen (secondary N) is 1. The van der Waals surface area contributed by atoms with Crippen LogP contribution in [0.3, 0.4) is 0 Å². The van der Waals surface area contributed by atoms with Crippen LogP contribution >= 0.6 is 0 Å². The Hall–Kier alpha value is -4.36. The van der Waals surface area contributed by atoms with E-state index in [9.17, 15) is 10.1 Å². The number of ether oxygens (including phenoxy) is 1. The van der Waals surface area contributed by atoms with E-state index in [0.717, 1.165) is 22.4 Å². The number of rotatable bonds is 6. The van der Waals surface area contributed by atoms with Gasteiger partial charge < -0.3 is 10.1 Å². The van der Waals surface area contributed by atoms with Gasteiger partial charge in [0.25, 0.3) is 5.91 Å². The maximum absolute atomic E-state index is 12.5. The lowest BCUT2D eigenvalue weighted by Gasteiger charge is -2.08. The summed E-state index contributed by atoms with van der Waals surface area (Å²) < 4.78 is 5.90. The van der Waals surface area contributed by atoms with Crippen LogP contribution in [0.1, 0.15) is 16.7 Å². The summed E-state index contributed by atoms with van der Waals surface area (Å²) in [6.07, 6.45) is 1.57. The zero-order valence-electron chi connectivity index (χ0n) is 17.7. The van der Waals surface area contributed by atoms with E-state index in [1.54, 1.807) is 12.1 Å². The average Bonchev–Trinajstić information content (AvgIpc) is 2.81. The molecule has 0 aliphatic carbocycles. The predicted molar refractivity (Wildman–Crippen MR) is 128 cm³/mol. The molecule has 0 fully saturated rings. The zero-order valence-corrected chi connectivity index (χ0v) is 17.7. The highest BCUT2D eigenvalue weighted by Crippen LogP contribution is 2.20. The molecule has 0 radical (unpaired) electrons. The molecule has 0 heterocycles. The Morgan fingerprint density at radius 2 is 1.72 bits per heavy atom. The van der Waals surface area contributed by atoms with Gasteiger partial charge in [-0.2, -0.15) is 5.26 Å². The van der Waals surface area contributed by atoms with Gasteiger partial charge in [0.1, 0.15) is 24.0 Å². The molecule has 0 atom stereocenters. The fourth-order valence-electron chi connectivity index (χ4n) is 3.39. The smallest absolute Gasteiger partial charge is 0.266 e. The molecule has 0 aliphatic rings. The van der Waals surface area contributed by atoms with Crippen LogP contribution in [-0.4, -0.2) is 5.91 Å². The maximum Gasteiger partial charge on any atom is 0.266 e. The molecule has 0 spiro atoms. The number of carbonyl (C=O) groups is 1. The van der Waals surface area contributed by atoms with Gasteiger partial charge in [-0.25, -0.2) is 0 Å². The summed E-state index contributed by atoms with van der Waals surface area (Å²) in [6.45, 7) is 2.41. The monoisotopic (exact) mass is 418 g/mol. The highest BCUT2D eigenvalue weighted by molar-refractivity contribution is 6.09. The lowest BCUT2D eigenvalue weighted by atomic mass is 10.1. The van der Waals surface area contributed by atoms with E-state index in [-0.39, 0.29) is 5.57 Å². The van der Waals surface area contributed by atoms with Crippen molar-refractivity contribution in [2.45, 2.75) is 13.5 Å². The second-order valence-electron chi connectivity index (χ2n) is 7.53. The van der Waals surface area contributed by atoms with Crippen LogP contribution < -0.4 is 10.1 Å². The van der Waals surface area contributed by atoms with E-state index in [4.69, 9.17) is 4.74 Å². The number of fused-ring (bicyclic) bond motifs is 1. The quantitative estimate of drug-likeness (QED) is 0.296. The minimum absolute atomic E-state index is 0.0383. The molecule has 4 nitrogen and oxygen atoms in total. The number of hydrogen-bond donors (Lipinski definition) is 1. The lowest BCUT2D eigenvalue weighted by molar-refractivity contribution is -0.112. The SMILES string of the molecule is Cc1cccc(NC(=O)/C(C#N)=C\c2ccc(OCc3ccc4ccccc4c3)cc2)c1. The Morgan fingerprint density at radius 1 is 0.938 bits per heavy atom. The van der Waals surface area contributed by atoms with Gasteiger partial charge in [0.2, 0.25) is 0 Å². The third kappa shape index (κ3) is 5.21. The van der Waals surface area contributed by atoms with Crippen LogP contribution in [0.2, 0.25) is 0 Å². The number of amides is 1. The molecule has 0 aromatic heterocycles. The second kappa shape index (κ2) is 9.63. The number of anilines is 1. The standard InChI is InChI=1S/C28H22N2O2/c1-20-5-4-8-26(15-20)30-28(31)25(18-29)16-21-10-13-27(14-11-21)32-19-22-9-12-23-6-2-3-7-24(23)17-22/h2-17H,19H2,1H3,(H,30,31)/b25-16-. The summed E-state index contributed by atoms with van der Waals surface area (Å²) in [5.41, 5.74) is 3.57. The van der Waals surface area contributed by atoms with Gasteiger partial charge in [-0.05, 0) is 70.8 Å².